The van der Waals surface area contributed by atoms with E-state index in [1.54, 1.807) is 6.21 Å². The van der Waals surface area contributed by atoms with Crippen molar-refractivity contribution in [3.8, 4) is 0 Å². The van der Waals surface area contributed by atoms with Crippen LogP contribution in [0.5, 0.6) is 0 Å². The van der Waals surface area contributed by atoms with Gasteiger partial charge in [0.2, 0.25) is 0 Å². The highest BCUT2D eigenvalue weighted by atomic mass is 15.0. The van der Waals surface area contributed by atoms with Gasteiger partial charge in [-0.15, -0.1) is 0 Å². The van der Waals surface area contributed by atoms with Crippen molar-refractivity contribution in [3.63, 3.8) is 0 Å². The molecule has 0 saturated carbocycles. The Morgan fingerprint density at radius 2 is 2.44 bits per heavy atom. The molecule has 0 radical (unpaired) electrons. The van der Waals surface area contributed by atoms with Gasteiger partial charge in [-0.3, -0.25) is 10.3 Å². The molecule has 52 valence electrons. The zero-order valence-corrected chi connectivity index (χ0v) is 5.67. The van der Waals surface area contributed by atoms with E-state index in [9.17, 15) is 0 Å². The van der Waals surface area contributed by atoms with Gasteiger partial charge in [0.05, 0.1) is 6.67 Å². The van der Waals surface area contributed by atoms with Crippen molar-refractivity contribution in [1.29, 1.82) is 0 Å². The topological polar surface area (TPSA) is 50.4 Å². The van der Waals surface area contributed by atoms with Gasteiger partial charge in [-0.25, -0.2) is 0 Å². The highest BCUT2D eigenvalue weighted by Gasteiger charge is 1.70. The molecule has 0 aliphatic heterocycles. The maximum Gasteiger partial charge on any atom is 0.0894 e. The molecule has 3 nitrogen and oxygen atoms in total. The number of nitrogens with one attached hydrogen (secondary N) is 1. The van der Waals surface area contributed by atoms with Crippen LogP contribution in [0.4, 0.5) is 0 Å². The quantitative estimate of drug-likeness (QED) is 0.319. The first-order valence-electron chi connectivity index (χ1n) is 2.93. The first-order chi connectivity index (χ1) is 4.41. The Hall–Kier alpha value is -0.670. The van der Waals surface area contributed by atoms with Crippen molar-refractivity contribution in [1.82, 2.24) is 5.32 Å². The van der Waals surface area contributed by atoms with Crippen molar-refractivity contribution in [2.45, 2.75) is 6.92 Å². The first kappa shape index (κ1) is 8.33. The predicted octanol–water partition coefficient (Wildman–Crippen LogP) is 0.0966. The largest absolute Gasteiger partial charge is 0.318 e. The van der Waals surface area contributed by atoms with Gasteiger partial charge in [-0.1, -0.05) is 6.08 Å². The van der Waals surface area contributed by atoms with E-state index in [1.165, 1.54) is 0 Å². The number of rotatable bonds is 4. The number of allylic oxidation sites excluding steroid dienone is 2. The maximum atomic E-state index is 5.14. The SMILES string of the molecule is C/C=C/C=NCNCN. The standard InChI is InChI=1S/C6H13N3/c1-2-3-4-8-6-9-5-7/h2-4,9H,5-7H2,1H3/b3-2+,8-4?. The molecule has 0 aromatic rings. The van der Waals surface area contributed by atoms with E-state index in [1.807, 2.05) is 19.1 Å². The summed E-state index contributed by atoms with van der Waals surface area (Å²) < 4.78 is 0. The van der Waals surface area contributed by atoms with E-state index in [-0.39, 0.29) is 0 Å². The molecule has 0 bridgehead atoms. The molecule has 0 fully saturated rings. The molecule has 0 unspecified atom stereocenters. The second kappa shape index (κ2) is 7.33. The Bertz CT molecular complexity index is 96.5. The second-order valence-corrected chi connectivity index (χ2v) is 1.47. The maximum absolute atomic E-state index is 5.14. The third kappa shape index (κ3) is 7.33. The van der Waals surface area contributed by atoms with Crippen molar-refractivity contribution < 1.29 is 0 Å². The molecule has 3 heteroatoms. The summed E-state index contributed by atoms with van der Waals surface area (Å²) >= 11 is 0. The monoisotopic (exact) mass is 127 g/mol. The fourth-order valence-corrected chi connectivity index (χ4v) is 0.329. The van der Waals surface area contributed by atoms with Gasteiger partial charge in [0, 0.05) is 12.9 Å². The van der Waals surface area contributed by atoms with Gasteiger partial charge in [-0.2, -0.15) is 0 Å². The second-order valence-electron chi connectivity index (χ2n) is 1.47. The number of aliphatic imine (C=N–C) groups is 1. The van der Waals surface area contributed by atoms with Crippen LogP contribution >= 0.6 is 0 Å². The van der Waals surface area contributed by atoms with Gasteiger partial charge in [-0.05, 0) is 13.0 Å². The minimum absolute atomic E-state index is 0.479. The fourth-order valence-electron chi connectivity index (χ4n) is 0.329. The molecular formula is C6H13N3. The van der Waals surface area contributed by atoms with E-state index in [0.717, 1.165) is 0 Å². The van der Waals surface area contributed by atoms with Crippen molar-refractivity contribution in [3.05, 3.63) is 12.2 Å². The summed E-state index contributed by atoms with van der Waals surface area (Å²) in [5.41, 5.74) is 5.14. The molecule has 0 aromatic carbocycles. The fraction of sp³-hybridized carbons (Fsp3) is 0.500. The van der Waals surface area contributed by atoms with Crippen molar-refractivity contribution in [2.24, 2.45) is 10.7 Å². The Labute approximate surface area is 55.7 Å². The smallest absolute Gasteiger partial charge is 0.0894 e. The van der Waals surface area contributed by atoms with E-state index >= 15 is 0 Å². The van der Waals surface area contributed by atoms with Gasteiger partial charge < -0.3 is 5.73 Å². The molecule has 0 amide bonds. The minimum Gasteiger partial charge on any atom is -0.318 e. The molecule has 0 rings (SSSR count). The van der Waals surface area contributed by atoms with Crippen LogP contribution in [0.15, 0.2) is 17.1 Å². The van der Waals surface area contributed by atoms with Gasteiger partial charge in [0.1, 0.15) is 0 Å². The van der Waals surface area contributed by atoms with Gasteiger partial charge in [0.15, 0.2) is 0 Å². The lowest BCUT2D eigenvalue weighted by molar-refractivity contribution is 0.727. The summed E-state index contributed by atoms with van der Waals surface area (Å²) in [6, 6.07) is 0. The van der Waals surface area contributed by atoms with Gasteiger partial charge in [0.25, 0.3) is 0 Å². The third-order valence-electron chi connectivity index (χ3n) is 0.731. The minimum atomic E-state index is 0.479. The summed E-state index contributed by atoms with van der Waals surface area (Å²) in [4.78, 5) is 3.95. The third-order valence-corrected chi connectivity index (χ3v) is 0.731. The Balaban J connectivity index is 3.04. The molecule has 0 spiro atoms. The number of hydrogen-bond acceptors (Lipinski definition) is 3. The average Bonchev–Trinajstić information content (AvgIpc) is 1.89. The Morgan fingerprint density at radius 1 is 1.67 bits per heavy atom. The molecule has 0 aromatic heterocycles. The summed E-state index contributed by atoms with van der Waals surface area (Å²) in [7, 11) is 0. The Morgan fingerprint density at radius 3 is 3.00 bits per heavy atom. The summed E-state index contributed by atoms with van der Waals surface area (Å²) in [6.45, 7) is 3.02. The van der Waals surface area contributed by atoms with Crippen LogP contribution in [-0.2, 0) is 0 Å². The first-order valence-corrected chi connectivity index (χ1v) is 2.93. The van der Waals surface area contributed by atoms with Gasteiger partial charge >= 0.3 is 0 Å². The van der Waals surface area contributed by atoms with Crippen LogP contribution in [0.3, 0.4) is 0 Å². The van der Waals surface area contributed by atoms with Crippen LogP contribution in [0.2, 0.25) is 0 Å². The molecule has 0 heterocycles. The highest BCUT2D eigenvalue weighted by molar-refractivity contribution is 5.70. The summed E-state index contributed by atoms with van der Waals surface area (Å²) in [5.74, 6) is 0. The van der Waals surface area contributed by atoms with Crippen LogP contribution in [0, 0.1) is 0 Å². The normalized spacial score (nSPS) is 11.8. The van der Waals surface area contributed by atoms with Crippen LogP contribution < -0.4 is 11.1 Å². The zero-order chi connectivity index (χ0) is 6.95. The van der Waals surface area contributed by atoms with Crippen molar-refractivity contribution >= 4 is 6.21 Å². The lowest BCUT2D eigenvalue weighted by atomic mass is 10.6. The van der Waals surface area contributed by atoms with E-state index in [2.05, 4.69) is 10.3 Å². The lowest BCUT2D eigenvalue weighted by Crippen LogP contribution is -2.21. The summed E-state index contributed by atoms with van der Waals surface area (Å²) in [5, 5.41) is 2.85. The predicted molar refractivity (Wildman–Crippen MR) is 40.4 cm³/mol. The molecule has 3 N–H and O–H groups in total. The number of hydrogen-bond donors (Lipinski definition) is 2. The lowest BCUT2D eigenvalue weighted by Gasteiger charge is -1.90. The molecule has 0 aliphatic carbocycles. The molecule has 0 saturated heterocycles. The molecular weight excluding hydrogens is 114 g/mol. The van der Waals surface area contributed by atoms with E-state index in [4.69, 9.17) is 5.73 Å². The van der Waals surface area contributed by atoms with E-state index in [0.29, 0.717) is 13.3 Å². The van der Waals surface area contributed by atoms with Crippen LogP contribution in [0.1, 0.15) is 6.92 Å². The van der Waals surface area contributed by atoms with Crippen molar-refractivity contribution in [2.75, 3.05) is 13.3 Å². The number of nitrogens with two attached hydrogens (primary N) is 1. The molecule has 9 heavy (non-hydrogen) atoms. The van der Waals surface area contributed by atoms with E-state index < -0.39 is 0 Å². The van der Waals surface area contributed by atoms with Crippen LogP contribution in [-0.4, -0.2) is 19.6 Å². The summed E-state index contributed by atoms with van der Waals surface area (Å²) in [6.07, 6.45) is 5.53. The molecule has 0 atom stereocenters. The van der Waals surface area contributed by atoms with Crippen LogP contribution in [0.25, 0.3) is 0 Å². The Kier molecular flexibility index (Phi) is 6.78. The molecule has 0 aliphatic rings. The zero-order valence-electron chi connectivity index (χ0n) is 5.67. The average molecular weight is 127 g/mol. The highest BCUT2D eigenvalue weighted by Crippen LogP contribution is 1.64. The number of nitrogens with zero attached hydrogens (tertiary/aromatic N) is 1.